The number of ether oxygens (including phenoxy) is 1. The standard InChI is InChI=1S/C16H10Cl2F3NO3/c1-7(25-16(24)8-3-2-4-9(17)12(8)18)15(23)22-11-6-5-10(19)13(20)14(11)21/h2-7H,1H3,(H,22,23)/t7-/m0/s1. The number of hydrogen-bond donors (Lipinski definition) is 1. The van der Waals surface area contributed by atoms with Gasteiger partial charge in [0.05, 0.1) is 21.3 Å². The van der Waals surface area contributed by atoms with Crippen LogP contribution in [0.4, 0.5) is 18.9 Å². The Morgan fingerprint density at radius 2 is 1.76 bits per heavy atom. The Balaban J connectivity index is 2.09. The summed E-state index contributed by atoms with van der Waals surface area (Å²) in [4.78, 5) is 24.0. The molecule has 0 fully saturated rings. The smallest absolute Gasteiger partial charge is 0.340 e. The van der Waals surface area contributed by atoms with Crippen molar-refractivity contribution in [3.05, 3.63) is 63.4 Å². The van der Waals surface area contributed by atoms with Crippen LogP contribution in [0, 0.1) is 17.5 Å². The lowest BCUT2D eigenvalue weighted by Gasteiger charge is -2.14. The average Bonchev–Trinajstić information content (AvgIpc) is 2.57. The van der Waals surface area contributed by atoms with Gasteiger partial charge in [-0.15, -0.1) is 0 Å². The molecule has 0 aliphatic rings. The van der Waals surface area contributed by atoms with Crippen molar-refractivity contribution in [3.8, 4) is 0 Å². The van der Waals surface area contributed by atoms with Crippen molar-refractivity contribution in [2.24, 2.45) is 0 Å². The van der Waals surface area contributed by atoms with E-state index in [1.165, 1.54) is 25.1 Å². The fourth-order valence-electron chi connectivity index (χ4n) is 1.80. The number of amides is 1. The normalized spacial score (nSPS) is 11.8. The minimum Gasteiger partial charge on any atom is -0.449 e. The zero-order chi connectivity index (χ0) is 18.7. The maximum absolute atomic E-state index is 13.5. The number of halogens is 5. The molecule has 0 unspecified atom stereocenters. The minimum absolute atomic E-state index is 0.0478. The fourth-order valence-corrected chi connectivity index (χ4v) is 2.17. The van der Waals surface area contributed by atoms with E-state index in [0.29, 0.717) is 6.07 Å². The van der Waals surface area contributed by atoms with E-state index < -0.39 is 41.1 Å². The second-order valence-electron chi connectivity index (χ2n) is 4.86. The quantitative estimate of drug-likeness (QED) is 0.612. The van der Waals surface area contributed by atoms with Gasteiger partial charge in [0.25, 0.3) is 5.91 Å². The van der Waals surface area contributed by atoms with Gasteiger partial charge in [0.1, 0.15) is 0 Å². The van der Waals surface area contributed by atoms with Gasteiger partial charge in [0, 0.05) is 0 Å². The molecule has 1 amide bonds. The number of anilines is 1. The Morgan fingerprint density at radius 3 is 2.44 bits per heavy atom. The number of benzene rings is 2. The number of hydrogen-bond acceptors (Lipinski definition) is 3. The van der Waals surface area contributed by atoms with Crippen LogP contribution < -0.4 is 5.32 Å². The van der Waals surface area contributed by atoms with Gasteiger partial charge in [0.15, 0.2) is 23.6 Å². The minimum atomic E-state index is -1.73. The van der Waals surface area contributed by atoms with E-state index in [4.69, 9.17) is 27.9 Å². The first-order valence-electron chi connectivity index (χ1n) is 6.81. The first kappa shape index (κ1) is 19.1. The molecule has 0 aliphatic carbocycles. The Labute approximate surface area is 150 Å². The number of rotatable bonds is 4. The van der Waals surface area contributed by atoms with Crippen molar-refractivity contribution in [2.45, 2.75) is 13.0 Å². The SMILES string of the molecule is C[C@H](OC(=O)c1cccc(Cl)c1Cl)C(=O)Nc1ccc(F)c(F)c1F. The van der Waals surface area contributed by atoms with Gasteiger partial charge in [0.2, 0.25) is 0 Å². The summed E-state index contributed by atoms with van der Waals surface area (Å²) in [6.45, 7) is 1.21. The fraction of sp³-hybridized carbons (Fsp3) is 0.125. The molecule has 1 atom stereocenters. The highest BCUT2D eigenvalue weighted by Gasteiger charge is 2.23. The van der Waals surface area contributed by atoms with Crippen molar-refractivity contribution in [1.82, 2.24) is 0 Å². The summed E-state index contributed by atoms with van der Waals surface area (Å²) in [7, 11) is 0. The largest absolute Gasteiger partial charge is 0.449 e. The Hall–Kier alpha value is -2.25. The van der Waals surface area contributed by atoms with E-state index in [9.17, 15) is 22.8 Å². The van der Waals surface area contributed by atoms with Gasteiger partial charge >= 0.3 is 5.97 Å². The Kier molecular flexibility index (Phi) is 5.92. The molecule has 2 aromatic carbocycles. The van der Waals surface area contributed by atoms with Crippen LogP contribution in [0.15, 0.2) is 30.3 Å². The third kappa shape index (κ3) is 4.24. The average molecular weight is 392 g/mol. The second-order valence-corrected chi connectivity index (χ2v) is 5.65. The number of carbonyl (C=O) groups excluding carboxylic acids is 2. The number of carbonyl (C=O) groups is 2. The Bertz CT molecular complexity index is 846. The molecule has 0 heterocycles. The van der Waals surface area contributed by atoms with Gasteiger partial charge in [-0.25, -0.2) is 18.0 Å². The zero-order valence-electron chi connectivity index (χ0n) is 12.6. The molecule has 0 aliphatic heterocycles. The van der Waals surface area contributed by atoms with E-state index >= 15 is 0 Å². The van der Waals surface area contributed by atoms with Crippen molar-refractivity contribution in [2.75, 3.05) is 5.32 Å². The van der Waals surface area contributed by atoms with Gasteiger partial charge in [-0.05, 0) is 31.2 Å². The van der Waals surface area contributed by atoms with Gasteiger partial charge in [-0.2, -0.15) is 0 Å². The first-order valence-corrected chi connectivity index (χ1v) is 7.57. The maximum Gasteiger partial charge on any atom is 0.340 e. The van der Waals surface area contributed by atoms with Crippen LogP contribution in [0.2, 0.25) is 10.0 Å². The first-order chi connectivity index (χ1) is 11.7. The van der Waals surface area contributed by atoms with Gasteiger partial charge < -0.3 is 10.1 Å². The van der Waals surface area contributed by atoms with Crippen molar-refractivity contribution in [3.63, 3.8) is 0 Å². The molecule has 0 saturated carbocycles. The molecule has 2 rings (SSSR count). The van der Waals surface area contributed by atoms with Gasteiger partial charge in [-0.3, -0.25) is 4.79 Å². The Morgan fingerprint density at radius 1 is 1.08 bits per heavy atom. The molecule has 0 bridgehead atoms. The summed E-state index contributed by atoms with van der Waals surface area (Å²) in [5, 5.41) is 2.08. The van der Waals surface area contributed by atoms with Crippen LogP contribution in [-0.2, 0) is 9.53 Å². The van der Waals surface area contributed by atoms with Crippen LogP contribution in [0.5, 0.6) is 0 Å². The summed E-state index contributed by atoms with van der Waals surface area (Å²) in [6.07, 6.45) is -1.37. The summed E-state index contributed by atoms with van der Waals surface area (Å²) in [6, 6.07) is 5.76. The lowest BCUT2D eigenvalue weighted by atomic mass is 10.2. The highest BCUT2D eigenvalue weighted by molar-refractivity contribution is 6.43. The van der Waals surface area contributed by atoms with Crippen LogP contribution in [-0.4, -0.2) is 18.0 Å². The summed E-state index contributed by atoms with van der Waals surface area (Å²) < 4.78 is 44.5. The molecule has 1 N–H and O–H groups in total. The molecule has 25 heavy (non-hydrogen) atoms. The van der Waals surface area contributed by atoms with Crippen molar-refractivity contribution >= 4 is 40.8 Å². The zero-order valence-corrected chi connectivity index (χ0v) is 14.1. The van der Waals surface area contributed by atoms with Crippen LogP contribution >= 0.6 is 23.2 Å². The molecule has 0 aromatic heterocycles. The van der Waals surface area contributed by atoms with E-state index in [2.05, 4.69) is 0 Å². The third-order valence-corrected chi connectivity index (χ3v) is 3.94. The summed E-state index contributed by atoms with van der Waals surface area (Å²) in [5.41, 5.74) is -0.652. The van der Waals surface area contributed by atoms with Crippen molar-refractivity contribution in [1.29, 1.82) is 0 Å². The molecule has 0 saturated heterocycles. The topological polar surface area (TPSA) is 55.4 Å². The van der Waals surface area contributed by atoms with Crippen molar-refractivity contribution < 1.29 is 27.5 Å². The molecule has 4 nitrogen and oxygen atoms in total. The highest BCUT2D eigenvalue weighted by atomic mass is 35.5. The number of esters is 1. The van der Waals surface area contributed by atoms with Crippen LogP contribution in [0.25, 0.3) is 0 Å². The summed E-state index contributed by atoms with van der Waals surface area (Å²) >= 11 is 11.7. The molecular formula is C16H10Cl2F3NO3. The molecular weight excluding hydrogens is 382 g/mol. The molecule has 132 valence electrons. The lowest BCUT2D eigenvalue weighted by Crippen LogP contribution is -2.30. The molecule has 2 aromatic rings. The monoisotopic (exact) mass is 391 g/mol. The molecule has 0 radical (unpaired) electrons. The van der Waals surface area contributed by atoms with E-state index in [1.807, 2.05) is 5.32 Å². The van der Waals surface area contributed by atoms with Crippen LogP contribution in [0.1, 0.15) is 17.3 Å². The maximum atomic E-state index is 13.5. The molecule has 9 heteroatoms. The van der Waals surface area contributed by atoms with E-state index in [-0.39, 0.29) is 15.6 Å². The predicted octanol–water partition coefficient (Wildman–Crippen LogP) is 4.59. The second kappa shape index (κ2) is 7.76. The summed E-state index contributed by atoms with van der Waals surface area (Å²) in [5.74, 6) is -6.57. The highest BCUT2D eigenvalue weighted by Crippen LogP contribution is 2.26. The van der Waals surface area contributed by atoms with E-state index in [1.54, 1.807) is 0 Å². The van der Waals surface area contributed by atoms with Gasteiger partial charge in [-0.1, -0.05) is 29.3 Å². The van der Waals surface area contributed by atoms with Crippen LogP contribution in [0.3, 0.4) is 0 Å². The predicted molar refractivity (Wildman–Crippen MR) is 86.3 cm³/mol. The lowest BCUT2D eigenvalue weighted by molar-refractivity contribution is -0.123. The van der Waals surface area contributed by atoms with E-state index in [0.717, 1.165) is 6.07 Å². The third-order valence-electron chi connectivity index (χ3n) is 3.12. The molecule has 0 spiro atoms. The number of nitrogens with one attached hydrogen (secondary N) is 1.